The number of nitrogens with zero attached hydrogens (tertiary/aromatic N) is 5. The van der Waals surface area contributed by atoms with Crippen LogP contribution >= 0.6 is 0 Å². The molecule has 2 heterocycles. The Labute approximate surface area is 136 Å². The first-order valence-electron chi connectivity index (χ1n) is 7.70. The van der Waals surface area contributed by atoms with E-state index in [0.717, 1.165) is 22.6 Å². The lowest BCUT2D eigenvalue weighted by molar-refractivity contribution is 0.321. The molecular weight excluding hydrogens is 288 g/mol. The van der Waals surface area contributed by atoms with Crippen molar-refractivity contribution in [3.05, 3.63) is 53.5 Å². The zero-order valence-electron chi connectivity index (χ0n) is 14.0. The summed E-state index contributed by atoms with van der Waals surface area (Å²) in [6.07, 6.45) is 1.95. The predicted molar refractivity (Wildman–Crippen MR) is 90.0 cm³/mol. The number of aryl methyl sites for hydroxylation is 1. The highest BCUT2D eigenvalue weighted by atomic mass is 15.4. The molecule has 0 aliphatic carbocycles. The number of rotatable bonds is 5. The average molecular weight is 310 g/mol. The minimum absolute atomic E-state index is 0.391. The summed E-state index contributed by atoms with van der Waals surface area (Å²) in [5.74, 6) is 0. The van der Waals surface area contributed by atoms with Gasteiger partial charge in [-0.15, -0.1) is 5.10 Å². The Hall–Kier alpha value is -2.47. The van der Waals surface area contributed by atoms with Crippen LogP contribution in [-0.4, -0.2) is 44.2 Å². The molecule has 0 spiro atoms. The molecule has 0 radical (unpaired) electrons. The van der Waals surface area contributed by atoms with Gasteiger partial charge < -0.3 is 4.90 Å². The second kappa shape index (κ2) is 6.34. The van der Waals surface area contributed by atoms with Crippen LogP contribution in [0.1, 0.15) is 29.9 Å². The van der Waals surface area contributed by atoms with Crippen molar-refractivity contribution in [1.82, 2.24) is 30.1 Å². The van der Waals surface area contributed by atoms with Gasteiger partial charge in [0.05, 0.1) is 18.4 Å². The van der Waals surface area contributed by atoms with Crippen LogP contribution in [0, 0.1) is 6.92 Å². The fourth-order valence-electron chi connectivity index (χ4n) is 2.46. The Kier molecular flexibility index (Phi) is 4.25. The van der Waals surface area contributed by atoms with Crippen LogP contribution in [0.25, 0.3) is 11.3 Å². The van der Waals surface area contributed by atoms with Crippen LogP contribution in [-0.2, 0) is 6.54 Å². The zero-order chi connectivity index (χ0) is 16.4. The number of aromatic nitrogens is 5. The van der Waals surface area contributed by atoms with Gasteiger partial charge in [-0.1, -0.05) is 29.5 Å². The number of aromatic amines is 1. The number of nitrogens with one attached hydrogen (secondary N) is 1. The van der Waals surface area contributed by atoms with Gasteiger partial charge in [-0.25, -0.2) is 4.68 Å². The number of H-pyrrole nitrogens is 1. The Morgan fingerprint density at radius 1 is 1.22 bits per heavy atom. The molecule has 0 saturated carbocycles. The average Bonchev–Trinajstić information content (AvgIpc) is 3.16. The summed E-state index contributed by atoms with van der Waals surface area (Å²) in [6, 6.07) is 10.9. The monoisotopic (exact) mass is 310 g/mol. The maximum atomic E-state index is 4.26. The second-order valence-electron chi connectivity index (χ2n) is 6.11. The molecular formula is C17H22N6. The third-order valence-corrected chi connectivity index (χ3v) is 4.09. The molecule has 3 rings (SSSR count). The van der Waals surface area contributed by atoms with Crippen molar-refractivity contribution in [1.29, 1.82) is 0 Å². The third kappa shape index (κ3) is 3.48. The van der Waals surface area contributed by atoms with E-state index in [9.17, 15) is 0 Å². The van der Waals surface area contributed by atoms with E-state index in [1.807, 2.05) is 19.2 Å². The summed E-state index contributed by atoms with van der Waals surface area (Å²) in [5, 5.41) is 15.6. The molecule has 0 aliphatic rings. The van der Waals surface area contributed by atoms with Gasteiger partial charge >= 0.3 is 0 Å². The van der Waals surface area contributed by atoms with Gasteiger partial charge in [0.2, 0.25) is 0 Å². The molecule has 0 bridgehead atoms. The van der Waals surface area contributed by atoms with Crippen molar-refractivity contribution in [3.8, 4) is 11.3 Å². The van der Waals surface area contributed by atoms with Crippen molar-refractivity contribution in [2.24, 2.45) is 0 Å². The molecule has 0 amide bonds. The van der Waals surface area contributed by atoms with E-state index in [-0.39, 0.29) is 0 Å². The fourth-order valence-corrected chi connectivity index (χ4v) is 2.46. The summed E-state index contributed by atoms with van der Waals surface area (Å²) < 4.78 is 1.81. The normalized spacial score (nSPS) is 12.7. The van der Waals surface area contributed by atoms with Crippen LogP contribution < -0.4 is 0 Å². The Morgan fingerprint density at radius 3 is 2.57 bits per heavy atom. The van der Waals surface area contributed by atoms with Gasteiger partial charge in [-0.2, -0.15) is 5.10 Å². The Morgan fingerprint density at radius 2 is 1.96 bits per heavy atom. The van der Waals surface area contributed by atoms with Crippen molar-refractivity contribution in [2.75, 3.05) is 14.1 Å². The lowest BCUT2D eigenvalue weighted by Crippen LogP contribution is -2.16. The summed E-state index contributed by atoms with van der Waals surface area (Å²) >= 11 is 0. The molecule has 0 fully saturated rings. The maximum Gasteiger partial charge on any atom is 0.113 e. The molecule has 2 aromatic heterocycles. The zero-order valence-corrected chi connectivity index (χ0v) is 14.0. The standard InChI is InChI=1S/C17H22N6/c1-12-9-16(19-18-12)10-23-11-17(20-21-23)15-7-5-14(6-8-15)13(2)22(3)4/h5-9,11,13H,10H2,1-4H3,(H,18,19). The largest absolute Gasteiger partial charge is 0.303 e. The van der Waals surface area contributed by atoms with Crippen LogP contribution in [0.3, 0.4) is 0 Å². The molecule has 0 saturated heterocycles. The summed E-state index contributed by atoms with van der Waals surface area (Å²) in [4.78, 5) is 2.19. The van der Waals surface area contributed by atoms with Crippen LogP contribution in [0.15, 0.2) is 36.5 Å². The molecule has 1 unspecified atom stereocenters. The number of benzene rings is 1. The third-order valence-electron chi connectivity index (χ3n) is 4.09. The van der Waals surface area contributed by atoms with Crippen molar-refractivity contribution in [3.63, 3.8) is 0 Å². The van der Waals surface area contributed by atoms with Crippen LogP contribution in [0.2, 0.25) is 0 Å². The Bertz CT molecular complexity index is 768. The topological polar surface area (TPSA) is 62.6 Å². The van der Waals surface area contributed by atoms with Crippen LogP contribution in [0.4, 0.5) is 0 Å². The van der Waals surface area contributed by atoms with E-state index >= 15 is 0 Å². The summed E-state index contributed by atoms with van der Waals surface area (Å²) in [5.41, 5.74) is 5.24. The fraction of sp³-hybridized carbons (Fsp3) is 0.353. The molecule has 0 aliphatic heterocycles. The first-order valence-corrected chi connectivity index (χ1v) is 7.70. The van der Waals surface area contributed by atoms with Gasteiger partial charge in [0.1, 0.15) is 5.69 Å². The molecule has 6 heteroatoms. The molecule has 1 aromatic carbocycles. The van der Waals surface area contributed by atoms with Crippen molar-refractivity contribution in [2.45, 2.75) is 26.4 Å². The highest BCUT2D eigenvalue weighted by Crippen LogP contribution is 2.22. The van der Waals surface area contributed by atoms with E-state index in [0.29, 0.717) is 12.6 Å². The van der Waals surface area contributed by atoms with E-state index in [2.05, 4.69) is 70.7 Å². The van der Waals surface area contributed by atoms with E-state index in [4.69, 9.17) is 0 Å². The highest BCUT2D eigenvalue weighted by Gasteiger charge is 2.09. The highest BCUT2D eigenvalue weighted by molar-refractivity contribution is 5.58. The summed E-state index contributed by atoms with van der Waals surface area (Å²) in [6.45, 7) is 4.80. The minimum atomic E-state index is 0.391. The van der Waals surface area contributed by atoms with E-state index < -0.39 is 0 Å². The molecule has 1 N–H and O–H groups in total. The quantitative estimate of drug-likeness (QED) is 0.787. The Balaban J connectivity index is 1.75. The van der Waals surface area contributed by atoms with E-state index in [1.54, 1.807) is 4.68 Å². The molecule has 6 nitrogen and oxygen atoms in total. The lowest BCUT2D eigenvalue weighted by atomic mass is 10.0. The molecule has 3 aromatic rings. The maximum absolute atomic E-state index is 4.26. The first-order chi connectivity index (χ1) is 11.0. The van der Waals surface area contributed by atoms with Crippen LogP contribution in [0.5, 0.6) is 0 Å². The van der Waals surface area contributed by atoms with Gasteiger partial charge in [0, 0.05) is 17.3 Å². The first kappa shape index (κ1) is 15.4. The van der Waals surface area contributed by atoms with Gasteiger partial charge in [-0.3, -0.25) is 5.10 Å². The smallest absolute Gasteiger partial charge is 0.113 e. The number of hydrogen-bond acceptors (Lipinski definition) is 4. The number of hydrogen-bond donors (Lipinski definition) is 1. The molecule has 1 atom stereocenters. The SMILES string of the molecule is Cc1cc(Cn2cc(-c3ccc(C(C)N(C)C)cc3)nn2)n[nH]1. The van der Waals surface area contributed by atoms with Gasteiger partial charge in [0.15, 0.2) is 0 Å². The molecule has 120 valence electrons. The van der Waals surface area contributed by atoms with E-state index in [1.165, 1.54) is 5.56 Å². The van der Waals surface area contributed by atoms with Gasteiger partial charge in [-0.05, 0) is 39.6 Å². The van der Waals surface area contributed by atoms with Crippen molar-refractivity contribution < 1.29 is 0 Å². The van der Waals surface area contributed by atoms with Crippen molar-refractivity contribution >= 4 is 0 Å². The van der Waals surface area contributed by atoms with Gasteiger partial charge in [0.25, 0.3) is 0 Å². The predicted octanol–water partition coefficient (Wildman–Crippen LogP) is 2.65. The molecule has 23 heavy (non-hydrogen) atoms. The lowest BCUT2D eigenvalue weighted by Gasteiger charge is -2.20. The summed E-state index contributed by atoms with van der Waals surface area (Å²) in [7, 11) is 4.17. The minimum Gasteiger partial charge on any atom is -0.303 e. The second-order valence-corrected chi connectivity index (χ2v) is 6.11.